The molecule has 3 rings (SSSR count). The fourth-order valence-corrected chi connectivity index (χ4v) is 4.89. The molecule has 166 valence electrons. The predicted octanol–water partition coefficient (Wildman–Crippen LogP) is 3.95. The van der Waals surface area contributed by atoms with Crippen molar-refractivity contribution in [2.45, 2.75) is 27.3 Å². The van der Waals surface area contributed by atoms with E-state index in [4.69, 9.17) is 12.2 Å². The molecule has 0 spiro atoms. The lowest BCUT2D eigenvalue weighted by atomic mass is 10.0. The van der Waals surface area contributed by atoms with E-state index in [0.29, 0.717) is 39.3 Å². The summed E-state index contributed by atoms with van der Waals surface area (Å²) in [6.07, 6.45) is 1.72. The Kier molecular flexibility index (Phi) is 7.16. The minimum atomic E-state index is -0.368. The van der Waals surface area contributed by atoms with Crippen molar-refractivity contribution in [3.05, 3.63) is 67.6 Å². The molecule has 32 heavy (non-hydrogen) atoms. The molecule has 0 atom stereocenters. The Balaban J connectivity index is 2.09. The first-order chi connectivity index (χ1) is 15.2. The zero-order chi connectivity index (χ0) is 23.6. The molecule has 1 aliphatic rings. The van der Waals surface area contributed by atoms with E-state index in [9.17, 15) is 19.2 Å². The molecule has 0 radical (unpaired) electrons. The number of anilines is 1. The van der Waals surface area contributed by atoms with E-state index in [-0.39, 0.29) is 29.4 Å². The second-order valence-corrected chi connectivity index (χ2v) is 8.96. The van der Waals surface area contributed by atoms with Gasteiger partial charge >= 0.3 is 0 Å². The van der Waals surface area contributed by atoms with Gasteiger partial charge in [-0.1, -0.05) is 36.1 Å². The van der Waals surface area contributed by atoms with Gasteiger partial charge in [0.05, 0.1) is 11.4 Å². The average molecular weight is 471 g/mol. The van der Waals surface area contributed by atoms with E-state index in [1.54, 1.807) is 32.2 Å². The number of nitriles is 1. The van der Waals surface area contributed by atoms with Gasteiger partial charge < -0.3 is 4.90 Å². The van der Waals surface area contributed by atoms with Crippen molar-refractivity contribution in [3.8, 4) is 6.07 Å². The number of halogens is 1. The maximum atomic E-state index is 13.2. The first kappa shape index (κ1) is 23.7. The summed E-state index contributed by atoms with van der Waals surface area (Å²) in [6.45, 7) is 7.23. The molecular weight excluding hydrogens is 447 g/mol. The van der Waals surface area contributed by atoms with Crippen LogP contribution in [0.2, 0.25) is 0 Å². The molecule has 0 bridgehead atoms. The predicted molar refractivity (Wildman–Crippen MR) is 130 cm³/mol. The fraction of sp³-hybridized carbons (Fsp3) is 0.304. The van der Waals surface area contributed by atoms with Crippen LogP contribution >= 0.6 is 24.0 Å². The van der Waals surface area contributed by atoms with Crippen LogP contribution in [-0.4, -0.2) is 32.8 Å². The lowest BCUT2D eigenvalue weighted by Gasteiger charge is -2.27. The van der Waals surface area contributed by atoms with Gasteiger partial charge in [0.25, 0.3) is 11.5 Å². The van der Waals surface area contributed by atoms with Crippen LogP contribution < -0.4 is 10.5 Å². The first-order valence-corrected chi connectivity index (χ1v) is 11.3. The number of carbonyl (C=O) groups is 1. The summed E-state index contributed by atoms with van der Waals surface area (Å²) in [5.74, 6) is 0.0447. The van der Waals surface area contributed by atoms with Crippen LogP contribution in [-0.2, 0) is 18.4 Å². The summed E-state index contributed by atoms with van der Waals surface area (Å²) in [5, 5.41) is 9.55. The average Bonchev–Trinajstić information content (AvgIpc) is 3.03. The molecule has 0 N–H and O–H groups in total. The normalized spacial score (nSPS) is 14.9. The number of benzene rings is 1. The molecule has 1 saturated heterocycles. The molecule has 6 nitrogen and oxygen atoms in total. The smallest absolute Gasteiger partial charge is 0.270 e. The summed E-state index contributed by atoms with van der Waals surface area (Å²) in [7, 11) is 1.63. The number of nitrogens with zero attached hydrogens (tertiary/aromatic N) is 4. The molecule has 0 unspecified atom stereocenters. The highest BCUT2D eigenvalue weighted by Crippen LogP contribution is 2.36. The summed E-state index contributed by atoms with van der Waals surface area (Å²) >= 11 is 6.60. The standard InChI is InChI=1S/C23H23FN4O2S2/c1-5-27(6-2)20-17(14(3)18(12-25)21(29)26(20)4)11-19-22(30)28(23(31)32-19)13-15-7-9-16(24)10-8-15/h7-11H,5-6,13H2,1-4H3/b19-11-. The lowest BCUT2D eigenvalue weighted by molar-refractivity contribution is -0.122. The maximum absolute atomic E-state index is 13.2. The Bertz CT molecular complexity index is 1210. The van der Waals surface area contributed by atoms with Crippen molar-refractivity contribution in [2.24, 2.45) is 7.05 Å². The van der Waals surface area contributed by atoms with Gasteiger partial charge in [0.1, 0.15) is 27.6 Å². The molecule has 0 aliphatic carbocycles. The van der Waals surface area contributed by atoms with Crippen LogP contribution in [0.1, 0.15) is 36.1 Å². The number of aromatic nitrogens is 1. The minimum absolute atomic E-state index is 0.0523. The van der Waals surface area contributed by atoms with E-state index in [0.717, 1.165) is 5.56 Å². The molecule has 1 aromatic carbocycles. The van der Waals surface area contributed by atoms with E-state index in [2.05, 4.69) is 0 Å². The highest BCUT2D eigenvalue weighted by Gasteiger charge is 2.33. The molecule has 0 saturated carbocycles. The minimum Gasteiger partial charge on any atom is -0.358 e. The maximum Gasteiger partial charge on any atom is 0.270 e. The van der Waals surface area contributed by atoms with Crippen molar-refractivity contribution in [3.63, 3.8) is 0 Å². The Labute approximate surface area is 195 Å². The fourth-order valence-electron chi connectivity index (χ4n) is 3.66. The van der Waals surface area contributed by atoms with Gasteiger partial charge in [-0.2, -0.15) is 5.26 Å². The third-order valence-corrected chi connectivity index (χ3v) is 6.81. The van der Waals surface area contributed by atoms with Crippen molar-refractivity contribution in [2.75, 3.05) is 18.0 Å². The van der Waals surface area contributed by atoms with Gasteiger partial charge in [-0.25, -0.2) is 4.39 Å². The molecule has 2 aromatic rings. The van der Waals surface area contributed by atoms with Gasteiger partial charge in [0.2, 0.25) is 0 Å². The zero-order valence-corrected chi connectivity index (χ0v) is 19.9. The lowest BCUT2D eigenvalue weighted by Crippen LogP contribution is -2.33. The molecular formula is C23H23FN4O2S2. The van der Waals surface area contributed by atoms with Crippen molar-refractivity contribution in [1.29, 1.82) is 5.26 Å². The number of thiocarbonyl (C=S) groups is 1. The number of rotatable bonds is 6. The van der Waals surface area contributed by atoms with Crippen LogP contribution in [0.5, 0.6) is 0 Å². The van der Waals surface area contributed by atoms with Crippen molar-refractivity contribution >= 4 is 46.1 Å². The number of hydrogen-bond acceptors (Lipinski definition) is 6. The Hall–Kier alpha value is -2.96. The number of carbonyl (C=O) groups excluding carboxylic acids is 1. The highest BCUT2D eigenvalue weighted by molar-refractivity contribution is 8.26. The molecule has 1 amide bonds. The van der Waals surface area contributed by atoms with Crippen molar-refractivity contribution < 1.29 is 9.18 Å². The van der Waals surface area contributed by atoms with Gasteiger partial charge in [-0.05, 0) is 50.1 Å². The van der Waals surface area contributed by atoms with E-state index in [1.807, 2.05) is 24.8 Å². The van der Waals surface area contributed by atoms with Crippen molar-refractivity contribution in [1.82, 2.24) is 9.47 Å². The first-order valence-electron chi connectivity index (χ1n) is 10.1. The van der Waals surface area contributed by atoms with Gasteiger partial charge in [-0.3, -0.25) is 19.1 Å². The largest absolute Gasteiger partial charge is 0.358 e. The summed E-state index contributed by atoms with van der Waals surface area (Å²) in [4.78, 5) is 29.8. The molecule has 1 aromatic heterocycles. The topological polar surface area (TPSA) is 69.3 Å². The summed E-state index contributed by atoms with van der Waals surface area (Å²) in [6, 6.07) is 7.92. The number of amides is 1. The van der Waals surface area contributed by atoms with Gasteiger partial charge in [-0.15, -0.1) is 0 Å². The van der Waals surface area contributed by atoms with Crippen LogP contribution in [0, 0.1) is 24.1 Å². The Morgan fingerprint density at radius 2 is 1.84 bits per heavy atom. The zero-order valence-electron chi connectivity index (χ0n) is 18.3. The van der Waals surface area contributed by atoms with E-state index < -0.39 is 0 Å². The van der Waals surface area contributed by atoms with E-state index in [1.165, 1.54) is 33.4 Å². The third kappa shape index (κ3) is 4.33. The van der Waals surface area contributed by atoms with Crippen LogP contribution in [0.4, 0.5) is 10.2 Å². The number of pyridine rings is 1. The van der Waals surface area contributed by atoms with E-state index >= 15 is 0 Å². The molecule has 2 heterocycles. The number of hydrogen-bond donors (Lipinski definition) is 0. The molecule has 1 fully saturated rings. The number of thioether (sulfide) groups is 1. The van der Waals surface area contributed by atoms with Crippen LogP contribution in [0.3, 0.4) is 0 Å². The second-order valence-electron chi connectivity index (χ2n) is 7.28. The second kappa shape index (κ2) is 9.67. The third-order valence-electron chi connectivity index (χ3n) is 5.43. The quantitative estimate of drug-likeness (QED) is 0.470. The Morgan fingerprint density at radius 3 is 2.41 bits per heavy atom. The SMILES string of the molecule is CCN(CC)c1c(/C=C2\SC(=S)N(Cc3ccc(F)cc3)C2=O)c(C)c(C#N)c(=O)n1C. The van der Waals surface area contributed by atoms with Crippen LogP contribution in [0.25, 0.3) is 6.08 Å². The monoisotopic (exact) mass is 470 g/mol. The Morgan fingerprint density at radius 1 is 1.22 bits per heavy atom. The molecule has 9 heteroatoms. The van der Waals surface area contributed by atoms with Crippen LogP contribution in [0.15, 0.2) is 34.0 Å². The summed E-state index contributed by atoms with van der Waals surface area (Å²) in [5.41, 5.74) is 1.62. The van der Waals surface area contributed by atoms with Gasteiger partial charge in [0.15, 0.2) is 0 Å². The molecule has 1 aliphatic heterocycles. The van der Waals surface area contributed by atoms with Gasteiger partial charge in [0, 0.05) is 25.7 Å². The highest BCUT2D eigenvalue weighted by atomic mass is 32.2. The summed E-state index contributed by atoms with van der Waals surface area (Å²) < 4.78 is 15.1.